The molecular formula is C9H14BrClN2OS. The topological polar surface area (TPSA) is 55.1 Å². The van der Waals surface area contributed by atoms with E-state index in [-0.39, 0.29) is 23.9 Å². The lowest BCUT2D eigenvalue weighted by Gasteiger charge is -2.23. The first-order chi connectivity index (χ1) is 6.44. The Balaban J connectivity index is 0.00000196. The molecule has 0 saturated carbocycles. The van der Waals surface area contributed by atoms with E-state index in [1.165, 1.54) is 11.3 Å². The highest BCUT2D eigenvalue weighted by Gasteiger charge is 2.19. The number of thiophene rings is 1. The van der Waals surface area contributed by atoms with Crippen LogP contribution in [0.15, 0.2) is 15.9 Å². The van der Waals surface area contributed by atoms with Crippen LogP contribution in [0, 0.1) is 0 Å². The van der Waals surface area contributed by atoms with E-state index in [1.807, 2.05) is 19.2 Å². The first kappa shape index (κ1) is 14.9. The van der Waals surface area contributed by atoms with Gasteiger partial charge in [-0.25, -0.2) is 0 Å². The summed E-state index contributed by atoms with van der Waals surface area (Å²) in [7, 11) is 0. The second kappa shape index (κ2) is 5.84. The Kier molecular flexibility index (Phi) is 5.80. The molecule has 0 radical (unpaired) electrons. The molecular weight excluding hydrogens is 300 g/mol. The van der Waals surface area contributed by atoms with Gasteiger partial charge in [-0.1, -0.05) is 0 Å². The Labute approximate surface area is 108 Å². The number of nitrogens with one attached hydrogen (secondary N) is 1. The molecule has 15 heavy (non-hydrogen) atoms. The molecule has 0 aromatic carbocycles. The lowest BCUT2D eigenvalue weighted by Crippen LogP contribution is -2.48. The van der Waals surface area contributed by atoms with Crippen LogP contribution in [-0.2, 0) is 0 Å². The van der Waals surface area contributed by atoms with Gasteiger partial charge >= 0.3 is 0 Å². The van der Waals surface area contributed by atoms with Crippen molar-refractivity contribution in [2.45, 2.75) is 19.4 Å². The van der Waals surface area contributed by atoms with Crippen molar-refractivity contribution in [3.63, 3.8) is 0 Å². The Hall–Kier alpha value is -0.100. The summed E-state index contributed by atoms with van der Waals surface area (Å²) in [5.74, 6) is -0.0730. The van der Waals surface area contributed by atoms with Crippen LogP contribution >= 0.6 is 39.7 Å². The van der Waals surface area contributed by atoms with Crippen molar-refractivity contribution in [3.05, 3.63) is 20.8 Å². The van der Waals surface area contributed by atoms with Crippen LogP contribution in [0.2, 0.25) is 0 Å². The summed E-state index contributed by atoms with van der Waals surface area (Å²) in [5, 5.41) is 4.74. The molecule has 1 amide bonds. The summed E-state index contributed by atoms with van der Waals surface area (Å²) in [6.07, 6.45) is 0. The average molecular weight is 314 g/mol. The van der Waals surface area contributed by atoms with Gasteiger partial charge in [-0.2, -0.15) is 0 Å². The summed E-state index contributed by atoms with van der Waals surface area (Å²) in [5.41, 5.74) is 5.16. The van der Waals surface area contributed by atoms with Crippen LogP contribution in [-0.4, -0.2) is 18.0 Å². The van der Waals surface area contributed by atoms with Gasteiger partial charge in [0.2, 0.25) is 0 Å². The highest BCUT2D eigenvalue weighted by Crippen LogP contribution is 2.20. The van der Waals surface area contributed by atoms with E-state index in [0.29, 0.717) is 11.4 Å². The van der Waals surface area contributed by atoms with Crippen molar-refractivity contribution >= 4 is 45.6 Å². The average Bonchev–Trinajstić information content (AvgIpc) is 2.51. The zero-order chi connectivity index (χ0) is 10.8. The number of hydrogen-bond acceptors (Lipinski definition) is 3. The molecule has 0 saturated heterocycles. The number of nitrogens with two attached hydrogens (primary N) is 1. The van der Waals surface area contributed by atoms with Crippen molar-refractivity contribution in [1.29, 1.82) is 0 Å². The van der Waals surface area contributed by atoms with Crippen LogP contribution in [0.25, 0.3) is 0 Å². The third-order valence-corrected chi connectivity index (χ3v) is 3.44. The Morgan fingerprint density at radius 2 is 2.27 bits per heavy atom. The van der Waals surface area contributed by atoms with Crippen molar-refractivity contribution < 1.29 is 4.79 Å². The zero-order valence-electron chi connectivity index (χ0n) is 8.54. The normalized spacial score (nSPS) is 10.7. The fourth-order valence-electron chi connectivity index (χ4n) is 0.852. The number of rotatable bonds is 3. The van der Waals surface area contributed by atoms with Crippen molar-refractivity contribution in [3.8, 4) is 0 Å². The number of halogens is 2. The highest BCUT2D eigenvalue weighted by atomic mass is 79.9. The molecule has 0 atom stereocenters. The standard InChI is InChI=1S/C9H13BrN2OS.ClH/c1-9(2,5-11)12-8(13)7-3-6(10)4-14-7;/h3-4H,5,11H2,1-2H3,(H,12,13);1H. The molecule has 3 N–H and O–H groups in total. The second-order valence-electron chi connectivity index (χ2n) is 3.67. The molecule has 6 heteroatoms. The van der Waals surface area contributed by atoms with Gasteiger partial charge in [-0.3, -0.25) is 4.79 Å². The molecule has 0 bridgehead atoms. The van der Waals surface area contributed by atoms with E-state index in [9.17, 15) is 4.79 Å². The Morgan fingerprint density at radius 3 is 2.67 bits per heavy atom. The highest BCUT2D eigenvalue weighted by molar-refractivity contribution is 9.10. The predicted octanol–water partition coefficient (Wildman–Crippen LogP) is 2.40. The molecule has 3 nitrogen and oxygen atoms in total. The van der Waals surface area contributed by atoms with Crippen LogP contribution in [0.5, 0.6) is 0 Å². The van der Waals surface area contributed by atoms with Gasteiger partial charge in [0.05, 0.1) is 4.88 Å². The third kappa shape index (κ3) is 4.51. The van der Waals surface area contributed by atoms with E-state index < -0.39 is 0 Å². The predicted molar refractivity (Wildman–Crippen MR) is 69.9 cm³/mol. The molecule has 0 spiro atoms. The van der Waals surface area contributed by atoms with Crippen LogP contribution in [0.1, 0.15) is 23.5 Å². The Bertz CT molecular complexity index is 341. The lowest BCUT2D eigenvalue weighted by atomic mass is 10.1. The van der Waals surface area contributed by atoms with E-state index in [0.717, 1.165) is 4.47 Å². The lowest BCUT2D eigenvalue weighted by molar-refractivity contribution is 0.0920. The first-order valence-electron chi connectivity index (χ1n) is 4.21. The maximum absolute atomic E-state index is 11.7. The Morgan fingerprint density at radius 1 is 1.67 bits per heavy atom. The summed E-state index contributed by atoms with van der Waals surface area (Å²) in [6.45, 7) is 4.21. The van der Waals surface area contributed by atoms with Gasteiger partial charge in [-0.15, -0.1) is 23.7 Å². The second-order valence-corrected chi connectivity index (χ2v) is 5.50. The van der Waals surface area contributed by atoms with Gasteiger partial charge in [-0.05, 0) is 35.8 Å². The van der Waals surface area contributed by atoms with Gasteiger partial charge in [0, 0.05) is 21.9 Å². The molecule has 1 heterocycles. The summed E-state index contributed by atoms with van der Waals surface area (Å²) < 4.78 is 0.929. The maximum Gasteiger partial charge on any atom is 0.261 e. The van der Waals surface area contributed by atoms with Gasteiger partial charge in [0.15, 0.2) is 0 Å². The van der Waals surface area contributed by atoms with E-state index >= 15 is 0 Å². The molecule has 1 aromatic rings. The first-order valence-corrected chi connectivity index (χ1v) is 5.88. The van der Waals surface area contributed by atoms with Crippen molar-refractivity contribution in [2.24, 2.45) is 5.73 Å². The zero-order valence-corrected chi connectivity index (χ0v) is 11.8. The molecule has 0 unspecified atom stereocenters. The number of hydrogen-bond donors (Lipinski definition) is 2. The maximum atomic E-state index is 11.7. The van der Waals surface area contributed by atoms with E-state index in [4.69, 9.17) is 5.73 Å². The van der Waals surface area contributed by atoms with E-state index in [1.54, 1.807) is 6.07 Å². The van der Waals surface area contributed by atoms with Gasteiger partial charge in [0.25, 0.3) is 5.91 Å². The molecule has 0 aliphatic heterocycles. The monoisotopic (exact) mass is 312 g/mol. The quantitative estimate of drug-likeness (QED) is 0.900. The minimum absolute atomic E-state index is 0. The van der Waals surface area contributed by atoms with Crippen LogP contribution in [0.3, 0.4) is 0 Å². The number of carbonyl (C=O) groups excluding carboxylic acids is 1. The van der Waals surface area contributed by atoms with Crippen LogP contribution in [0.4, 0.5) is 0 Å². The summed E-state index contributed by atoms with van der Waals surface area (Å²) >= 11 is 4.71. The number of amides is 1. The molecule has 0 fully saturated rings. The fraction of sp³-hybridized carbons (Fsp3) is 0.444. The third-order valence-electron chi connectivity index (χ3n) is 1.75. The van der Waals surface area contributed by atoms with Crippen molar-refractivity contribution in [2.75, 3.05) is 6.54 Å². The van der Waals surface area contributed by atoms with E-state index in [2.05, 4.69) is 21.2 Å². The molecule has 0 aliphatic carbocycles. The van der Waals surface area contributed by atoms with Gasteiger partial charge in [0.1, 0.15) is 0 Å². The molecule has 0 aliphatic rings. The summed E-state index contributed by atoms with van der Waals surface area (Å²) in [6, 6.07) is 1.80. The molecule has 1 aromatic heterocycles. The largest absolute Gasteiger partial charge is 0.345 e. The minimum atomic E-state index is -0.354. The van der Waals surface area contributed by atoms with Crippen molar-refractivity contribution in [1.82, 2.24) is 5.32 Å². The SMILES string of the molecule is CC(C)(CN)NC(=O)c1cc(Br)cs1.Cl. The fourth-order valence-corrected chi connectivity index (χ4v) is 2.17. The smallest absolute Gasteiger partial charge is 0.261 e. The molecule has 86 valence electrons. The molecule has 1 rings (SSSR count). The number of carbonyl (C=O) groups is 1. The summed E-state index contributed by atoms with van der Waals surface area (Å²) in [4.78, 5) is 12.3. The van der Waals surface area contributed by atoms with Crippen LogP contribution < -0.4 is 11.1 Å². The minimum Gasteiger partial charge on any atom is -0.345 e. The van der Waals surface area contributed by atoms with Gasteiger partial charge < -0.3 is 11.1 Å².